The van der Waals surface area contributed by atoms with Gasteiger partial charge in [-0.1, -0.05) is 13.8 Å². The van der Waals surface area contributed by atoms with Gasteiger partial charge in [-0.3, -0.25) is 4.79 Å². The second-order valence-corrected chi connectivity index (χ2v) is 5.76. The van der Waals surface area contributed by atoms with E-state index in [2.05, 4.69) is 5.32 Å². The summed E-state index contributed by atoms with van der Waals surface area (Å²) in [5.41, 5.74) is 5.69. The van der Waals surface area contributed by atoms with E-state index in [9.17, 15) is 13.6 Å². The lowest BCUT2D eigenvalue weighted by Crippen LogP contribution is -2.49. The van der Waals surface area contributed by atoms with E-state index in [1.165, 1.54) is 6.07 Å². The van der Waals surface area contributed by atoms with E-state index < -0.39 is 11.6 Å². The van der Waals surface area contributed by atoms with Crippen molar-refractivity contribution in [3.63, 3.8) is 0 Å². The van der Waals surface area contributed by atoms with E-state index in [0.29, 0.717) is 11.4 Å². The molecule has 1 amide bonds. The molecule has 0 aliphatic heterocycles. The Bertz CT molecular complexity index is 464. The molecule has 0 fully saturated rings. The predicted octanol–water partition coefficient (Wildman–Crippen LogP) is 2.69. The highest BCUT2D eigenvalue weighted by Gasteiger charge is 2.20. The van der Waals surface area contributed by atoms with E-state index in [0.717, 1.165) is 36.7 Å². The number of nitrogens with two attached hydrogens (primary N) is 1. The van der Waals surface area contributed by atoms with Crippen LogP contribution in [-0.2, 0) is 4.79 Å². The average molecular weight is 302 g/mol. The molecule has 0 radical (unpaired) electrons. The van der Waals surface area contributed by atoms with Crippen molar-refractivity contribution in [1.82, 2.24) is 5.32 Å². The van der Waals surface area contributed by atoms with Crippen molar-refractivity contribution >= 4 is 17.7 Å². The number of carbonyl (C=O) groups is 1. The summed E-state index contributed by atoms with van der Waals surface area (Å²) >= 11 is 1.16. The van der Waals surface area contributed by atoms with Crippen molar-refractivity contribution in [2.24, 2.45) is 5.73 Å². The third-order valence-electron chi connectivity index (χ3n) is 3.31. The fourth-order valence-electron chi connectivity index (χ4n) is 1.54. The van der Waals surface area contributed by atoms with E-state index in [4.69, 9.17) is 5.73 Å². The first-order valence-electron chi connectivity index (χ1n) is 6.53. The Balaban J connectivity index is 2.42. The molecule has 3 nitrogen and oxygen atoms in total. The van der Waals surface area contributed by atoms with Crippen molar-refractivity contribution in [2.75, 3.05) is 12.3 Å². The molecular formula is C14H20F2N2OS. The number of rotatable bonds is 7. The smallest absolute Gasteiger partial charge is 0.230 e. The van der Waals surface area contributed by atoms with E-state index in [1.54, 1.807) is 0 Å². The molecule has 20 heavy (non-hydrogen) atoms. The van der Waals surface area contributed by atoms with Gasteiger partial charge in [0.15, 0.2) is 11.6 Å². The first kappa shape index (κ1) is 16.9. The summed E-state index contributed by atoms with van der Waals surface area (Å²) in [6, 6.07) is 3.58. The summed E-state index contributed by atoms with van der Waals surface area (Å²) < 4.78 is 25.7. The number of carbonyl (C=O) groups excluding carboxylic acids is 1. The van der Waals surface area contributed by atoms with Crippen LogP contribution in [0.2, 0.25) is 0 Å². The van der Waals surface area contributed by atoms with Gasteiger partial charge in [0.2, 0.25) is 5.91 Å². The fourth-order valence-corrected chi connectivity index (χ4v) is 2.29. The molecule has 0 atom stereocenters. The largest absolute Gasteiger partial charge is 0.354 e. The monoisotopic (exact) mass is 302 g/mol. The Morgan fingerprint density at radius 1 is 1.30 bits per heavy atom. The van der Waals surface area contributed by atoms with Crippen LogP contribution < -0.4 is 11.1 Å². The number of halogens is 2. The van der Waals surface area contributed by atoms with Gasteiger partial charge >= 0.3 is 0 Å². The van der Waals surface area contributed by atoms with Crippen LogP contribution in [0.1, 0.15) is 26.7 Å². The summed E-state index contributed by atoms with van der Waals surface area (Å²) in [4.78, 5) is 12.2. The number of amides is 1. The van der Waals surface area contributed by atoms with Gasteiger partial charge in [0, 0.05) is 17.0 Å². The third kappa shape index (κ3) is 5.09. The zero-order valence-electron chi connectivity index (χ0n) is 11.7. The lowest BCUT2D eigenvalue weighted by atomic mass is 9.94. The van der Waals surface area contributed by atoms with Gasteiger partial charge in [-0.15, -0.1) is 11.8 Å². The molecule has 1 aromatic carbocycles. The highest BCUT2D eigenvalue weighted by molar-refractivity contribution is 8.00. The molecule has 0 heterocycles. The molecule has 0 saturated heterocycles. The summed E-state index contributed by atoms with van der Waals surface area (Å²) in [6.07, 6.45) is 1.56. The van der Waals surface area contributed by atoms with Crippen LogP contribution in [0.15, 0.2) is 23.1 Å². The molecule has 0 spiro atoms. The Morgan fingerprint density at radius 2 is 1.95 bits per heavy atom. The second kappa shape index (κ2) is 7.59. The Hall–Kier alpha value is -1.14. The topological polar surface area (TPSA) is 55.1 Å². The maximum absolute atomic E-state index is 13.0. The number of benzene rings is 1. The van der Waals surface area contributed by atoms with Gasteiger partial charge in [0.25, 0.3) is 0 Å². The summed E-state index contributed by atoms with van der Waals surface area (Å²) in [6.45, 7) is 4.37. The zero-order chi connectivity index (χ0) is 15.2. The minimum Gasteiger partial charge on any atom is -0.354 e. The van der Waals surface area contributed by atoms with Crippen molar-refractivity contribution in [1.29, 1.82) is 0 Å². The van der Waals surface area contributed by atoms with Gasteiger partial charge in [-0.05, 0) is 31.0 Å². The van der Waals surface area contributed by atoms with Gasteiger partial charge in [-0.25, -0.2) is 8.78 Å². The third-order valence-corrected chi connectivity index (χ3v) is 4.30. The maximum atomic E-state index is 13.0. The molecule has 1 rings (SSSR count). The quantitative estimate of drug-likeness (QED) is 0.761. The van der Waals surface area contributed by atoms with Crippen LogP contribution in [0.25, 0.3) is 0 Å². The van der Waals surface area contributed by atoms with E-state index in [-0.39, 0.29) is 17.2 Å². The van der Waals surface area contributed by atoms with Crippen molar-refractivity contribution in [3.8, 4) is 0 Å². The number of hydrogen-bond donors (Lipinski definition) is 2. The molecule has 0 bridgehead atoms. The molecule has 0 unspecified atom stereocenters. The van der Waals surface area contributed by atoms with Gasteiger partial charge in [0.1, 0.15) is 0 Å². The molecule has 0 aromatic heterocycles. The van der Waals surface area contributed by atoms with Gasteiger partial charge < -0.3 is 11.1 Å². The second-order valence-electron chi connectivity index (χ2n) is 4.71. The number of thioether (sulfide) groups is 1. The fraction of sp³-hybridized carbons (Fsp3) is 0.500. The normalized spacial score (nSPS) is 11.4. The predicted molar refractivity (Wildman–Crippen MR) is 77.6 cm³/mol. The Morgan fingerprint density at radius 3 is 2.50 bits per heavy atom. The Kier molecular flexibility index (Phi) is 6.42. The van der Waals surface area contributed by atoms with E-state index in [1.807, 2.05) is 13.8 Å². The number of nitrogens with one attached hydrogen (secondary N) is 1. The van der Waals surface area contributed by atoms with E-state index >= 15 is 0 Å². The van der Waals surface area contributed by atoms with Crippen LogP contribution in [0.5, 0.6) is 0 Å². The molecule has 112 valence electrons. The molecule has 3 N–H and O–H groups in total. The first-order valence-corrected chi connectivity index (χ1v) is 7.52. The highest BCUT2D eigenvalue weighted by atomic mass is 32.2. The maximum Gasteiger partial charge on any atom is 0.230 e. The summed E-state index contributed by atoms with van der Waals surface area (Å²) in [7, 11) is 0. The Labute approximate surface area is 122 Å². The molecule has 0 saturated carbocycles. The first-order chi connectivity index (χ1) is 9.40. The molecule has 1 aromatic rings. The highest BCUT2D eigenvalue weighted by Crippen LogP contribution is 2.20. The summed E-state index contributed by atoms with van der Waals surface area (Å²) in [5.74, 6) is -1.82. The summed E-state index contributed by atoms with van der Waals surface area (Å²) in [5, 5.41) is 2.77. The molecule has 0 aliphatic rings. The molecular weight excluding hydrogens is 282 g/mol. The number of hydrogen-bond acceptors (Lipinski definition) is 3. The van der Waals surface area contributed by atoms with Crippen LogP contribution in [0.3, 0.4) is 0 Å². The van der Waals surface area contributed by atoms with Crippen LogP contribution in [0.4, 0.5) is 8.78 Å². The molecule has 6 heteroatoms. The minimum absolute atomic E-state index is 0.147. The van der Waals surface area contributed by atoms with Crippen molar-refractivity contribution in [3.05, 3.63) is 29.8 Å². The van der Waals surface area contributed by atoms with Crippen molar-refractivity contribution < 1.29 is 13.6 Å². The standard InChI is InChI=1S/C14H20F2N2OS/c1-3-14(17,4-2)9-18-13(19)8-20-10-5-6-11(15)12(16)7-10/h5-7H,3-4,8-9,17H2,1-2H3,(H,18,19). The van der Waals surface area contributed by atoms with Crippen molar-refractivity contribution in [2.45, 2.75) is 37.1 Å². The van der Waals surface area contributed by atoms with Crippen LogP contribution in [0, 0.1) is 11.6 Å². The minimum atomic E-state index is -0.909. The average Bonchev–Trinajstić information content (AvgIpc) is 2.46. The van der Waals surface area contributed by atoms with Gasteiger partial charge in [0.05, 0.1) is 5.75 Å². The van der Waals surface area contributed by atoms with Gasteiger partial charge in [-0.2, -0.15) is 0 Å². The zero-order valence-corrected chi connectivity index (χ0v) is 12.5. The van der Waals surface area contributed by atoms with Crippen LogP contribution >= 0.6 is 11.8 Å². The lowest BCUT2D eigenvalue weighted by molar-refractivity contribution is -0.118. The lowest BCUT2D eigenvalue weighted by Gasteiger charge is -2.26. The SMILES string of the molecule is CCC(N)(CC)CNC(=O)CSc1ccc(F)c(F)c1. The van der Waals surface area contributed by atoms with Crippen LogP contribution in [-0.4, -0.2) is 23.7 Å². The molecule has 0 aliphatic carbocycles.